The number of carbonyl (C=O) groups excluding carboxylic acids is 1. The number of aromatic nitrogens is 2. The van der Waals surface area contributed by atoms with Crippen LogP contribution >= 0.6 is 0 Å². The van der Waals surface area contributed by atoms with E-state index >= 15 is 0 Å². The molecular weight excluding hydrogens is 247 g/mol. The molecule has 0 aliphatic rings. The van der Waals surface area contributed by atoms with Gasteiger partial charge in [-0.1, -0.05) is 36.9 Å². The Kier molecular flexibility index (Phi) is 3.75. The van der Waals surface area contributed by atoms with Crippen molar-refractivity contribution in [3.8, 4) is 0 Å². The highest BCUT2D eigenvalue weighted by Crippen LogP contribution is 2.19. The molecule has 0 N–H and O–H groups in total. The summed E-state index contributed by atoms with van der Waals surface area (Å²) in [5.41, 5.74) is 0.987. The van der Waals surface area contributed by atoms with Crippen molar-refractivity contribution in [2.45, 2.75) is 6.92 Å². The van der Waals surface area contributed by atoms with Crippen LogP contribution in [0, 0.1) is 5.95 Å². The van der Waals surface area contributed by atoms with E-state index in [0.717, 1.165) is 5.56 Å². The Hall–Kier alpha value is -2.43. The van der Waals surface area contributed by atoms with Crippen molar-refractivity contribution in [2.24, 2.45) is 0 Å². The van der Waals surface area contributed by atoms with Gasteiger partial charge in [-0.15, -0.1) is 0 Å². The highest BCUT2D eigenvalue weighted by molar-refractivity contribution is 5.89. The number of ether oxygens (including phenoxy) is 1. The molecule has 98 valence electrons. The van der Waals surface area contributed by atoms with E-state index in [-0.39, 0.29) is 12.3 Å². The minimum absolute atomic E-state index is 0.168. The number of rotatable bonds is 4. The van der Waals surface area contributed by atoms with Crippen LogP contribution in [0.15, 0.2) is 43.2 Å². The molecule has 0 atom stereocenters. The van der Waals surface area contributed by atoms with Crippen LogP contribution in [0.2, 0.25) is 0 Å². The summed E-state index contributed by atoms with van der Waals surface area (Å²) in [6.45, 7) is 5.68. The third kappa shape index (κ3) is 2.54. The summed E-state index contributed by atoms with van der Waals surface area (Å²) in [7, 11) is 0. The molecule has 2 rings (SSSR count). The smallest absolute Gasteiger partial charge is 0.360 e. The molecule has 0 fully saturated rings. The summed E-state index contributed by atoms with van der Waals surface area (Å²) in [6.07, 6.45) is 1.22. The fourth-order valence-electron chi connectivity index (χ4n) is 1.68. The minimum atomic E-state index is -0.865. The molecule has 1 aromatic heterocycles. The van der Waals surface area contributed by atoms with E-state index in [1.807, 2.05) is 30.3 Å². The molecule has 0 unspecified atom stereocenters. The number of nitrogens with zero attached hydrogens (tertiary/aromatic N) is 2. The molecule has 0 radical (unpaired) electrons. The van der Waals surface area contributed by atoms with Gasteiger partial charge in [-0.25, -0.2) is 9.78 Å². The zero-order valence-corrected chi connectivity index (χ0v) is 10.5. The van der Waals surface area contributed by atoms with E-state index in [9.17, 15) is 9.18 Å². The molecule has 0 amide bonds. The second-order valence-corrected chi connectivity index (χ2v) is 3.79. The lowest BCUT2D eigenvalue weighted by molar-refractivity contribution is 0.0511. The van der Waals surface area contributed by atoms with Gasteiger partial charge in [0.15, 0.2) is 5.69 Å². The number of hydrogen-bond donors (Lipinski definition) is 0. The van der Waals surface area contributed by atoms with Crippen LogP contribution in [0.3, 0.4) is 0 Å². The number of esters is 1. The topological polar surface area (TPSA) is 44.1 Å². The van der Waals surface area contributed by atoms with Crippen LogP contribution in [0.4, 0.5) is 4.39 Å². The van der Waals surface area contributed by atoms with E-state index in [1.165, 1.54) is 10.9 Å². The van der Waals surface area contributed by atoms with Crippen molar-refractivity contribution in [2.75, 3.05) is 6.61 Å². The van der Waals surface area contributed by atoms with Crippen LogP contribution in [0.1, 0.15) is 23.0 Å². The second-order valence-electron chi connectivity index (χ2n) is 3.79. The third-order valence-electron chi connectivity index (χ3n) is 2.59. The van der Waals surface area contributed by atoms with Crippen LogP contribution in [-0.4, -0.2) is 22.1 Å². The predicted octanol–water partition coefficient (Wildman–Crippen LogP) is 2.72. The average molecular weight is 260 g/mol. The van der Waals surface area contributed by atoms with E-state index in [0.29, 0.717) is 5.70 Å². The molecule has 0 bridgehead atoms. The largest absolute Gasteiger partial charge is 0.461 e. The molecular formula is C14H13FN2O2. The van der Waals surface area contributed by atoms with Gasteiger partial charge in [-0.2, -0.15) is 4.39 Å². The Balaban J connectivity index is 2.41. The maximum absolute atomic E-state index is 13.6. The molecule has 19 heavy (non-hydrogen) atoms. The van der Waals surface area contributed by atoms with Crippen LogP contribution in [0.5, 0.6) is 0 Å². The lowest BCUT2D eigenvalue weighted by atomic mass is 10.2. The number of carbonyl (C=O) groups is 1. The molecule has 0 saturated carbocycles. The van der Waals surface area contributed by atoms with Gasteiger partial charge in [-0.3, -0.25) is 4.57 Å². The first-order valence-electron chi connectivity index (χ1n) is 5.79. The van der Waals surface area contributed by atoms with E-state index in [4.69, 9.17) is 4.74 Å². The van der Waals surface area contributed by atoms with Crippen molar-refractivity contribution in [3.63, 3.8) is 0 Å². The highest BCUT2D eigenvalue weighted by Gasteiger charge is 2.21. The minimum Gasteiger partial charge on any atom is -0.461 e. The Morgan fingerprint density at radius 3 is 2.74 bits per heavy atom. The molecule has 0 spiro atoms. The third-order valence-corrected chi connectivity index (χ3v) is 2.59. The standard InChI is InChI=1S/C14H13FN2O2/c1-3-19-14(18)12-13(15)16-9-17(12)10(2)11-7-5-4-6-8-11/h4-9H,2-3H2,1H3. The van der Waals surface area contributed by atoms with E-state index in [2.05, 4.69) is 11.6 Å². The summed E-state index contributed by atoms with van der Waals surface area (Å²) in [5, 5.41) is 0. The van der Waals surface area contributed by atoms with Crippen LogP contribution in [-0.2, 0) is 4.74 Å². The van der Waals surface area contributed by atoms with E-state index in [1.54, 1.807) is 6.92 Å². The average Bonchev–Trinajstić information content (AvgIpc) is 2.81. The summed E-state index contributed by atoms with van der Waals surface area (Å²) in [5.74, 6) is -1.62. The monoisotopic (exact) mass is 260 g/mol. The maximum atomic E-state index is 13.6. The molecule has 5 heteroatoms. The zero-order valence-electron chi connectivity index (χ0n) is 10.5. The SMILES string of the molecule is C=C(c1ccccc1)n1cnc(F)c1C(=O)OCC. The first-order chi connectivity index (χ1) is 9.15. The zero-order chi connectivity index (χ0) is 13.8. The van der Waals surface area contributed by atoms with Gasteiger partial charge in [0.05, 0.1) is 6.61 Å². The molecule has 0 aliphatic heterocycles. The van der Waals surface area contributed by atoms with Crippen molar-refractivity contribution in [3.05, 3.63) is 60.4 Å². The number of benzene rings is 1. The summed E-state index contributed by atoms with van der Waals surface area (Å²) < 4.78 is 19.7. The number of imidazole rings is 1. The van der Waals surface area contributed by atoms with Gasteiger partial charge in [0.1, 0.15) is 6.33 Å². The Labute approximate surface area is 110 Å². The van der Waals surface area contributed by atoms with Crippen LogP contribution < -0.4 is 0 Å². The van der Waals surface area contributed by atoms with Crippen molar-refractivity contribution >= 4 is 11.7 Å². The number of hydrogen-bond acceptors (Lipinski definition) is 3. The van der Waals surface area contributed by atoms with Gasteiger partial charge in [-0.05, 0) is 12.5 Å². The molecule has 4 nitrogen and oxygen atoms in total. The Bertz CT molecular complexity index is 605. The molecule has 2 aromatic rings. The van der Waals surface area contributed by atoms with Gasteiger partial charge in [0, 0.05) is 5.70 Å². The van der Waals surface area contributed by atoms with E-state index < -0.39 is 11.9 Å². The van der Waals surface area contributed by atoms with Crippen molar-refractivity contribution < 1.29 is 13.9 Å². The fraction of sp³-hybridized carbons (Fsp3) is 0.143. The van der Waals surface area contributed by atoms with Gasteiger partial charge < -0.3 is 4.74 Å². The van der Waals surface area contributed by atoms with Gasteiger partial charge >= 0.3 is 5.97 Å². The molecule has 1 heterocycles. The van der Waals surface area contributed by atoms with Gasteiger partial charge in [0.25, 0.3) is 0 Å². The lowest BCUT2D eigenvalue weighted by Crippen LogP contribution is -2.13. The second kappa shape index (κ2) is 5.48. The normalized spacial score (nSPS) is 10.2. The summed E-state index contributed by atoms with van der Waals surface area (Å²) in [6, 6.07) is 9.15. The lowest BCUT2D eigenvalue weighted by Gasteiger charge is -2.10. The first-order valence-corrected chi connectivity index (χ1v) is 5.79. The molecule has 0 aliphatic carbocycles. The molecule has 1 aromatic carbocycles. The highest BCUT2D eigenvalue weighted by atomic mass is 19.1. The summed E-state index contributed by atoms with van der Waals surface area (Å²) >= 11 is 0. The first kappa shape index (κ1) is 13.0. The Morgan fingerprint density at radius 2 is 2.11 bits per heavy atom. The number of halogens is 1. The molecule has 0 saturated heterocycles. The van der Waals surface area contributed by atoms with Crippen molar-refractivity contribution in [1.29, 1.82) is 0 Å². The predicted molar refractivity (Wildman–Crippen MR) is 69.0 cm³/mol. The quantitative estimate of drug-likeness (QED) is 0.794. The summed E-state index contributed by atoms with van der Waals surface area (Å²) in [4.78, 5) is 15.2. The maximum Gasteiger partial charge on any atom is 0.360 e. The van der Waals surface area contributed by atoms with Crippen LogP contribution in [0.25, 0.3) is 5.70 Å². The van der Waals surface area contributed by atoms with Gasteiger partial charge in [0.2, 0.25) is 5.95 Å². The Morgan fingerprint density at radius 1 is 1.42 bits per heavy atom. The fourth-order valence-corrected chi connectivity index (χ4v) is 1.68. The van der Waals surface area contributed by atoms with Crippen molar-refractivity contribution in [1.82, 2.24) is 9.55 Å².